The van der Waals surface area contributed by atoms with Crippen LogP contribution in [-0.2, 0) is 7.05 Å². The number of pyridine rings is 1. The average Bonchev–Trinajstić information content (AvgIpc) is 2.78. The third-order valence-electron chi connectivity index (χ3n) is 3.35. The molecule has 1 unspecified atom stereocenters. The van der Waals surface area contributed by atoms with Gasteiger partial charge in [0.1, 0.15) is 11.6 Å². The first-order valence-corrected chi connectivity index (χ1v) is 6.41. The Balaban J connectivity index is 2.39. The zero-order chi connectivity index (χ0) is 14.3. The number of rotatable bonds is 2. The van der Waals surface area contributed by atoms with Gasteiger partial charge in [-0.15, -0.1) is 0 Å². The summed E-state index contributed by atoms with van der Waals surface area (Å²) in [6.45, 7) is 1.86. The Morgan fingerprint density at radius 2 is 2.05 bits per heavy atom. The van der Waals surface area contributed by atoms with Crippen LogP contribution in [0, 0.1) is 5.82 Å². The van der Waals surface area contributed by atoms with E-state index in [0.29, 0.717) is 11.3 Å². The van der Waals surface area contributed by atoms with E-state index in [1.807, 2.05) is 24.6 Å². The smallest absolute Gasteiger partial charge is 0.134 e. The van der Waals surface area contributed by atoms with Crippen LogP contribution in [0.3, 0.4) is 0 Å². The molecule has 0 radical (unpaired) electrons. The highest BCUT2D eigenvalue weighted by molar-refractivity contribution is 5.92. The van der Waals surface area contributed by atoms with E-state index in [0.717, 1.165) is 16.9 Å². The first-order valence-electron chi connectivity index (χ1n) is 6.41. The summed E-state index contributed by atoms with van der Waals surface area (Å²) < 4.78 is 16.1. The van der Waals surface area contributed by atoms with Gasteiger partial charge in [0.2, 0.25) is 0 Å². The molecule has 0 bridgehead atoms. The van der Waals surface area contributed by atoms with Crippen LogP contribution >= 0.6 is 0 Å². The lowest BCUT2D eigenvalue weighted by atomic mass is 10.1. The van der Waals surface area contributed by atoms with Gasteiger partial charge in [-0.05, 0) is 31.2 Å². The normalized spacial score (nSPS) is 12.8. The number of nitrogens with two attached hydrogens (primary N) is 1. The van der Waals surface area contributed by atoms with Crippen molar-refractivity contribution in [2.75, 3.05) is 0 Å². The van der Waals surface area contributed by atoms with Gasteiger partial charge < -0.3 is 10.3 Å². The molecule has 0 aliphatic carbocycles. The van der Waals surface area contributed by atoms with E-state index in [1.54, 1.807) is 24.4 Å². The minimum atomic E-state index is -0.310. The maximum atomic E-state index is 14.3. The molecule has 0 aliphatic heterocycles. The fourth-order valence-corrected chi connectivity index (χ4v) is 2.46. The molecule has 0 saturated heterocycles. The highest BCUT2D eigenvalue weighted by atomic mass is 19.1. The molecule has 2 heterocycles. The van der Waals surface area contributed by atoms with Crippen molar-refractivity contribution in [3.8, 4) is 11.3 Å². The molecule has 0 spiro atoms. The van der Waals surface area contributed by atoms with E-state index in [1.165, 1.54) is 6.07 Å². The fraction of sp³-hybridized carbons (Fsp3) is 0.200. The summed E-state index contributed by atoms with van der Waals surface area (Å²) in [5.74, 6) is 0.415. The summed E-state index contributed by atoms with van der Waals surface area (Å²) in [5, 5.41) is 0. The second kappa shape index (κ2) is 4.68. The number of hydrogen-bond donors (Lipinski definition) is 1. The summed E-state index contributed by atoms with van der Waals surface area (Å²) in [4.78, 5) is 8.73. The molecular formula is C15H15FN4. The summed E-state index contributed by atoms with van der Waals surface area (Å²) in [5.41, 5.74) is 8.41. The van der Waals surface area contributed by atoms with Gasteiger partial charge in [-0.25, -0.2) is 9.37 Å². The van der Waals surface area contributed by atoms with Crippen molar-refractivity contribution in [2.24, 2.45) is 12.8 Å². The predicted octanol–water partition coefficient (Wildman–Crippen LogP) is 2.79. The van der Waals surface area contributed by atoms with Gasteiger partial charge in [0.05, 0.1) is 28.3 Å². The summed E-state index contributed by atoms with van der Waals surface area (Å²) in [6.07, 6.45) is 1.65. The van der Waals surface area contributed by atoms with Gasteiger partial charge in [0.15, 0.2) is 0 Å². The number of benzene rings is 1. The van der Waals surface area contributed by atoms with E-state index in [-0.39, 0.29) is 11.9 Å². The van der Waals surface area contributed by atoms with Crippen LogP contribution < -0.4 is 5.73 Å². The van der Waals surface area contributed by atoms with Crippen molar-refractivity contribution in [2.45, 2.75) is 13.0 Å². The van der Waals surface area contributed by atoms with Crippen LogP contribution in [0.1, 0.15) is 18.8 Å². The Bertz CT molecular complexity index is 762. The predicted molar refractivity (Wildman–Crippen MR) is 76.5 cm³/mol. The minimum absolute atomic E-state index is 0.216. The third kappa shape index (κ3) is 1.87. The molecule has 0 amide bonds. The molecule has 0 aliphatic rings. The zero-order valence-electron chi connectivity index (χ0n) is 11.3. The Kier molecular flexibility index (Phi) is 2.99. The van der Waals surface area contributed by atoms with Gasteiger partial charge in [-0.2, -0.15) is 0 Å². The van der Waals surface area contributed by atoms with E-state index in [4.69, 9.17) is 5.73 Å². The van der Waals surface area contributed by atoms with Crippen molar-refractivity contribution in [3.63, 3.8) is 0 Å². The van der Waals surface area contributed by atoms with Crippen LogP contribution in [0.4, 0.5) is 4.39 Å². The van der Waals surface area contributed by atoms with Crippen LogP contribution in [0.15, 0.2) is 36.5 Å². The van der Waals surface area contributed by atoms with Gasteiger partial charge in [0.25, 0.3) is 0 Å². The SMILES string of the molecule is CC(N)c1nc2ccc(F)c(-c3ccccn3)c2n1C. The highest BCUT2D eigenvalue weighted by Crippen LogP contribution is 2.31. The second-order valence-corrected chi connectivity index (χ2v) is 4.82. The van der Waals surface area contributed by atoms with Gasteiger partial charge >= 0.3 is 0 Å². The maximum absolute atomic E-state index is 14.3. The van der Waals surface area contributed by atoms with E-state index in [2.05, 4.69) is 9.97 Å². The van der Waals surface area contributed by atoms with Crippen LogP contribution in [0.5, 0.6) is 0 Å². The van der Waals surface area contributed by atoms with E-state index < -0.39 is 0 Å². The molecule has 5 heteroatoms. The number of aromatic nitrogens is 3. The first-order chi connectivity index (χ1) is 9.59. The van der Waals surface area contributed by atoms with Crippen molar-refractivity contribution in [1.29, 1.82) is 0 Å². The van der Waals surface area contributed by atoms with Gasteiger partial charge in [-0.1, -0.05) is 6.07 Å². The molecule has 2 N–H and O–H groups in total. The van der Waals surface area contributed by atoms with Crippen molar-refractivity contribution in [3.05, 3.63) is 48.2 Å². The quantitative estimate of drug-likeness (QED) is 0.779. The Labute approximate surface area is 116 Å². The van der Waals surface area contributed by atoms with Crippen LogP contribution in [-0.4, -0.2) is 14.5 Å². The maximum Gasteiger partial charge on any atom is 0.134 e. The Morgan fingerprint density at radius 1 is 1.25 bits per heavy atom. The molecule has 3 aromatic rings. The number of hydrogen-bond acceptors (Lipinski definition) is 3. The van der Waals surface area contributed by atoms with Gasteiger partial charge in [-0.3, -0.25) is 4.98 Å². The minimum Gasteiger partial charge on any atom is -0.329 e. The number of aryl methyl sites for hydroxylation is 1. The summed E-state index contributed by atoms with van der Waals surface area (Å²) in [7, 11) is 1.85. The molecule has 1 aromatic carbocycles. The number of halogens is 1. The van der Waals surface area contributed by atoms with Crippen LogP contribution in [0.2, 0.25) is 0 Å². The van der Waals surface area contributed by atoms with E-state index in [9.17, 15) is 4.39 Å². The lowest BCUT2D eigenvalue weighted by Crippen LogP contribution is -2.11. The summed E-state index contributed by atoms with van der Waals surface area (Å²) >= 11 is 0. The number of imidazole rings is 1. The summed E-state index contributed by atoms with van der Waals surface area (Å²) in [6, 6.07) is 8.30. The lowest BCUT2D eigenvalue weighted by molar-refractivity contribution is 0.631. The monoisotopic (exact) mass is 270 g/mol. The lowest BCUT2D eigenvalue weighted by Gasteiger charge is -2.08. The largest absolute Gasteiger partial charge is 0.329 e. The average molecular weight is 270 g/mol. The molecule has 1 atom stereocenters. The molecule has 4 nitrogen and oxygen atoms in total. The zero-order valence-corrected chi connectivity index (χ0v) is 11.3. The van der Waals surface area contributed by atoms with Gasteiger partial charge in [0, 0.05) is 13.2 Å². The van der Waals surface area contributed by atoms with E-state index >= 15 is 0 Å². The standard InChI is InChI=1S/C15H15FN4/c1-9(17)15-19-12-7-6-10(16)13(14(12)20(15)2)11-5-3-4-8-18-11/h3-9H,17H2,1-2H3. The van der Waals surface area contributed by atoms with Crippen molar-refractivity contribution >= 4 is 11.0 Å². The molecule has 0 fully saturated rings. The second-order valence-electron chi connectivity index (χ2n) is 4.82. The number of fused-ring (bicyclic) bond motifs is 1. The highest BCUT2D eigenvalue weighted by Gasteiger charge is 2.18. The molecule has 102 valence electrons. The topological polar surface area (TPSA) is 56.7 Å². The third-order valence-corrected chi connectivity index (χ3v) is 3.35. The van der Waals surface area contributed by atoms with Crippen molar-refractivity contribution < 1.29 is 4.39 Å². The first kappa shape index (κ1) is 12.7. The fourth-order valence-electron chi connectivity index (χ4n) is 2.46. The molecule has 3 rings (SSSR count). The Hall–Kier alpha value is -2.27. The molecular weight excluding hydrogens is 255 g/mol. The Morgan fingerprint density at radius 3 is 2.70 bits per heavy atom. The number of nitrogens with zero attached hydrogens (tertiary/aromatic N) is 3. The molecule has 2 aromatic heterocycles. The molecule has 20 heavy (non-hydrogen) atoms. The van der Waals surface area contributed by atoms with Crippen LogP contribution in [0.25, 0.3) is 22.3 Å². The van der Waals surface area contributed by atoms with Crippen molar-refractivity contribution in [1.82, 2.24) is 14.5 Å². The molecule has 0 saturated carbocycles.